The number of benzene rings is 1. The van der Waals surface area contributed by atoms with E-state index in [4.69, 9.17) is 4.74 Å². The van der Waals surface area contributed by atoms with Gasteiger partial charge < -0.3 is 15.0 Å². The molecule has 0 aliphatic carbocycles. The van der Waals surface area contributed by atoms with Crippen LogP contribution in [0.4, 0.5) is 0 Å². The van der Waals surface area contributed by atoms with Crippen molar-refractivity contribution in [2.24, 2.45) is 0 Å². The zero-order valence-electron chi connectivity index (χ0n) is 15.6. The monoisotopic (exact) mass is 353 g/mol. The number of rotatable bonds is 6. The molecule has 5 heteroatoms. The number of carbonyl (C=O) groups excluding carboxylic acids is 1. The number of ether oxygens (including phenoxy) is 1. The topological polar surface area (TPSA) is 54.5 Å². The van der Waals surface area contributed by atoms with Crippen molar-refractivity contribution in [2.45, 2.75) is 32.7 Å². The van der Waals surface area contributed by atoms with E-state index >= 15 is 0 Å². The zero-order valence-corrected chi connectivity index (χ0v) is 15.6. The molecule has 1 aliphatic rings. The fourth-order valence-electron chi connectivity index (χ4n) is 3.25. The van der Waals surface area contributed by atoms with Gasteiger partial charge in [-0.3, -0.25) is 9.78 Å². The average molecular weight is 353 g/mol. The number of hydrogen-bond donors (Lipinski definition) is 1. The number of nitrogens with zero attached hydrogens (tertiary/aromatic N) is 2. The number of aryl methyl sites for hydroxylation is 2. The molecule has 3 rings (SSSR count). The quantitative estimate of drug-likeness (QED) is 0.811. The molecule has 0 atom stereocenters. The molecular formula is C21H27N3O2. The molecule has 0 radical (unpaired) electrons. The lowest BCUT2D eigenvalue weighted by atomic mass is 10.0. The van der Waals surface area contributed by atoms with Gasteiger partial charge >= 0.3 is 0 Å². The Bertz CT molecular complexity index is 725. The number of likely N-dealkylation sites (tertiary alicyclic amines) is 1. The van der Waals surface area contributed by atoms with Crippen LogP contribution < -0.4 is 10.1 Å². The molecule has 1 fully saturated rings. The number of amides is 1. The summed E-state index contributed by atoms with van der Waals surface area (Å²) in [4.78, 5) is 18.3. The fraction of sp³-hybridized carbons (Fsp3) is 0.429. The van der Waals surface area contributed by atoms with Crippen LogP contribution in [0, 0.1) is 13.8 Å². The van der Waals surface area contributed by atoms with Gasteiger partial charge in [0, 0.05) is 43.6 Å². The van der Waals surface area contributed by atoms with Gasteiger partial charge in [0.05, 0.1) is 0 Å². The third-order valence-corrected chi connectivity index (χ3v) is 4.85. The molecule has 1 aromatic heterocycles. The van der Waals surface area contributed by atoms with E-state index < -0.39 is 0 Å². The number of pyridine rings is 1. The Morgan fingerprint density at radius 1 is 1.19 bits per heavy atom. The van der Waals surface area contributed by atoms with E-state index in [0.717, 1.165) is 38.2 Å². The maximum absolute atomic E-state index is 12.4. The predicted octanol–water partition coefficient (Wildman–Crippen LogP) is 2.97. The van der Waals surface area contributed by atoms with Crippen molar-refractivity contribution < 1.29 is 9.53 Å². The molecule has 1 saturated heterocycles. The third-order valence-electron chi connectivity index (χ3n) is 4.85. The fourth-order valence-corrected chi connectivity index (χ4v) is 3.25. The first-order valence-corrected chi connectivity index (χ1v) is 9.26. The summed E-state index contributed by atoms with van der Waals surface area (Å²) in [6.45, 7) is 7.19. The van der Waals surface area contributed by atoms with Crippen molar-refractivity contribution >= 4 is 5.91 Å². The minimum absolute atomic E-state index is 0.101. The first-order valence-electron chi connectivity index (χ1n) is 9.26. The largest absolute Gasteiger partial charge is 0.492 e. The molecule has 5 nitrogen and oxygen atoms in total. The lowest BCUT2D eigenvalue weighted by molar-refractivity contribution is 0.0704. The summed E-state index contributed by atoms with van der Waals surface area (Å²) in [6, 6.07) is 10.3. The van der Waals surface area contributed by atoms with Crippen LogP contribution >= 0.6 is 0 Å². The summed E-state index contributed by atoms with van der Waals surface area (Å²) >= 11 is 0. The number of carbonyl (C=O) groups is 1. The van der Waals surface area contributed by atoms with Gasteiger partial charge in [-0.25, -0.2) is 0 Å². The van der Waals surface area contributed by atoms with Gasteiger partial charge in [-0.2, -0.15) is 0 Å². The van der Waals surface area contributed by atoms with E-state index in [1.165, 1.54) is 11.1 Å². The van der Waals surface area contributed by atoms with Crippen LogP contribution in [-0.4, -0.2) is 48.1 Å². The van der Waals surface area contributed by atoms with Crippen molar-refractivity contribution in [1.29, 1.82) is 0 Å². The Morgan fingerprint density at radius 2 is 1.92 bits per heavy atom. The van der Waals surface area contributed by atoms with E-state index in [2.05, 4.69) is 42.3 Å². The Balaban J connectivity index is 1.38. The van der Waals surface area contributed by atoms with Crippen LogP contribution in [0.2, 0.25) is 0 Å². The highest BCUT2D eigenvalue weighted by Gasteiger charge is 2.23. The summed E-state index contributed by atoms with van der Waals surface area (Å²) in [7, 11) is 0. The molecule has 0 bridgehead atoms. The van der Waals surface area contributed by atoms with Gasteiger partial charge in [0.1, 0.15) is 12.4 Å². The van der Waals surface area contributed by atoms with Crippen LogP contribution in [-0.2, 0) is 0 Å². The molecule has 0 saturated carbocycles. The normalized spacial score (nSPS) is 15.1. The highest BCUT2D eigenvalue weighted by Crippen LogP contribution is 2.19. The summed E-state index contributed by atoms with van der Waals surface area (Å²) in [5.41, 5.74) is 3.09. The highest BCUT2D eigenvalue weighted by atomic mass is 16.5. The van der Waals surface area contributed by atoms with E-state index in [1.54, 1.807) is 24.5 Å². The van der Waals surface area contributed by atoms with Crippen molar-refractivity contribution in [2.75, 3.05) is 26.2 Å². The molecule has 2 heterocycles. The van der Waals surface area contributed by atoms with Crippen molar-refractivity contribution in [1.82, 2.24) is 15.2 Å². The second-order valence-electron chi connectivity index (χ2n) is 6.87. The van der Waals surface area contributed by atoms with Crippen LogP contribution in [0.1, 0.15) is 34.3 Å². The van der Waals surface area contributed by atoms with Crippen molar-refractivity contribution in [3.8, 4) is 5.75 Å². The Hall–Kier alpha value is -2.40. The number of nitrogens with one attached hydrogen (secondary N) is 1. The zero-order chi connectivity index (χ0) is 18.4. The predicted molar refractivity (Wildman–Crippen MR) is 103 cm³/mol. The van der Waals surface area contributed by atoms with Gasteiger partial charge in [-0.1, -0.05) is 12.1 Å². The minimum atomic E-state index is 0.101. The van der Waals surface area contributed by atoms with Crippen LogP contribution in [0.25, 0.3) is 0 Å². The molecule has 138 valence electrons. The molecule has 1 amide bonds. The summed E-state index contributed by atoms with van der Waals surface area (Å²) in [5.74, 6) is 1.06. The minimum Gasteiger partial charge on any atom is -0.492 e. The van der Waals surface area contributed by atoms with Crippen molar-refractivity contribution in [3.05, 3.63) is 59.4 Å². The molecule has 1 aliphatic heterocycles. The molecule has 2 aromatic rings. The molecular weight excluding hydrogens is 326 g/mol. The Labute approximate surface area is 155 Å². The summed E-state index contributed by atoms with van der Waals surface area (Å²) < 4.78 is 5.89. The van der Waals surface area contributed by atoms with Gasteiger partial charge in [0.15, 0.2) is 0 Å². The van der Waals surface area contributed by atoms with E-state index in [-0.39, 0.29) is 5.91 Å². The second-order valence-corrected chi connectivity index (χ2v) is 6.87. The van der Waals surface area contributed by atoms with Crippen LogP contribution in [0.5, 0.6) is 5.75 Å². The summed E-state index contributed by atoms with van der Waals surface area (Å²) in [5, 5.41) is 3.55. The number of aromatic nitrogens is 1. The van der Waals surface area contributed by atoms with Gasteiger partial charge in [-0.05, 0) is 56.0 Å². The molecule has 1 N–H and O–H groups in total. The SMILES string of the molecule is Cc1ccc(C)c(OCCNC2CCN(C(=O)c3ccncc3)CC2)c1. The molecule has 0 spiro atoms. The molecule has 26 heavy (non-hydrogen) atoms. The number of hydrogen-bond acceptors (Lipinski definition) is 4. The first-order chi connectivity index (χ1) is 12.6. The Morgan fingerprint density at radius 3 is 2.65 bits per heavy atom. The van der Waals surface area contributed by atoms with Gasteiger partial charge in [0.2, 0.25) is 0 Å². The second kappa shape index (κ2) is 8.81. The summed E-state index contributed by atoms with van der Waals surface area (Å²) in [6.07, 6.45) is 5.27. The van der Waals surface area contributed by atoms with Crippen molar-refractivity contribution in [3.63, 3.8) is 0 Å². The lowest BCUT2D eigenvalue weighted by Gasteiger charge is -2.32. The lowest BCUT2D eigenvalue weighted by Crippen LogP contribution is -2.45. The Kier molecular flexibility index (Phi) is 6.23. The number of piperidine rings is 1. The highest BCUT2D eigenvalue weighted by molar-refractivity contribution is 5.94. The van der Waals surface area contributed by atoms with Gasteiger partial charge in [0.25, 0.3) is 5.91 Å². The third kappa shape index (κ3) is 4.82. The van der Waals surface area contributed by atoms with E-state index in [1.807, 2.05) is 4.90 Å². The van der Waals surface area contributed by atoms with Crippen LogP contribution in [0.15, 0.2) is 42.7 Å². The standard InChI is InChI=1S/C21H27N3O2/c1-16-3-4-17(2)20(15-16)26-14-11-23-19-7-12-24(13-8-19)21(25)18-5-9-22-10-6-18/h3-6,9-10,15,19,23H,7-8,11-14H2,1-2H3. The smallest absolute Gasteiger partial charge is 0.253 e. The molecule has 0 unspecified atom stereocenters. The average Bonchev–Trinajstić information content (AvgIpc) is 2.68. The van der Waals surface area contributed by atoms with Gasteiger partial charge in [-0.15, -0.1) is 0 Å². The first kappa shape index (κ1) is 18.4. The van der Waals surface area contributed by atoms with E-state index in [0.29, 0.717) is 18.2 Å². The van der Waals surface area contributed by atoms with E-state index in [9.17, 15) is 4.79 Å². The van der Waals surface area contributed by atoms with Crippen LogP contribution in [0.3, 0.4) is 0 Å². The maximum atomic E-state index is 12.4. The maximum Gasteiger partial charge on any atom is 0.253 e. The molecule has 1 aromatic carbocycles.